The van der Waals surface area contributed by atoms with Gasteiger partial charge in [0.05, 0.1) is 6.61 Å². The number of benzene rings is 1. The Morgan fingerprint density at radius 2 is 1.85 bits per heavy atom. The summed E-state index contributed by atoms with van der Waals surface area (Å²) < 4.78 is 11.5. The third kappa shape index (κ3) is 6.39. The van der Waals surface area contributed by atoms with Crippen LogP contribution in [-0.4, -0.2) is 36.9 Å². The zero-order valence-electron chi connectivity index (χ0n) is 12.5. The number of hydrogen-bond donors (Lipinski definition) is 0. The fraction of sp³-hybridized carbons (Fsp3) is 0.533. The van der Waals surface area contributed by atoms with Crippen molar-refractivity contribution in [2.45, 2.75) is 32.9 Å². The molecule has 0 aliphatic rings. The molecular weight excluding hydrogens is 322 g/mol. The van der Waals surface area contributed by atoms with Gasteiger partial charge in [-0.3, -0.25) is 0 Å². The second-order valence-electron chi connectivity index (χ2n) is 5.52. The average Bonchev–Trinajstić information content (AvgIpc) is 2.34. The third-order valence-electron chi connectivity index (χ3n) is 2.50. The molecule has 0 radical (unpaired) electrons. The van der Waals surface area contributed by atoms with E-state index in [1.807, 2.05) is 45.0 Å². The van der Waals surface area contributed by atoms with Crippen molar-refractivity contribution in [3.05, 3.63) is 34.3 Å². The van der Waals surface area contributed by atoms with Crippen LogP contribution in [0.4, 0.5) is 4.79 Å². The summed E-state index contributed by atoms with van der Waals surface area (Å²) in [7, 11) is 1.62. The van der Waals surface area contributed by atoms with E-state index in [4.69, 9.17) is 9.47 Å². The van der Waals surface area contributed by atoms with E-state index in [1.165, 1.54) is 0 Å². The van der Waals surface area contributed by atoms with Crippen LogP contribution in [0, 0.1) is 0 Å². The van der Waals surface area contributed by atoms with Gasteiger partial charge in [0.1, 0.15) is 5.60 Å². The van der Waals surface area contributed by atoms with E-state index in [0.717, 1.165) is 10.0 Å². The average molecular weight is 344 g/mol. The van der Waals surface area contributed by atoms with Gasteiger partial charge in [0.2, 0.25) is 0 Å². The first-order valence-corrected chi connectivity index (χ1v) is 7.32. The Balaban J connectivity index is 2.73. The Morgan fingerprint density at radius 1 is 1.25 bits per heavy atom. The highest BCUT2D eigenvalue weighted by Gasteiger charge is 2.22. The molecule has 0 aromatic heterocycles. The summed E-state index contributed by atoms with van der Waals surface area (Å²) in [5, 5.41) is 0. The van der Waals surface area contributed by atoms with Crippen molar-refractivity contribution in [1.29, 1.82) is 0 Å². The molecule has 0 heterocycles. The molecule has 0 aliphatic heterocycles. The number of amides is 1. The quantitative estimate of drug-likeness (QED) is 0.815. The van der Waals surface area contributed by atoms with Crippen molar-refractivity contribution >= 4 is 22.0 Å². The smallest absolute Gasteiger partial charge is 0.410 e. The van der Waals surface area contributed by atoms with Crippen molar-refractivity contribution in [1.82, 2.24) is 4.90 Å². The highest BCUT2D eigenvalue weighted by atomic mass is 79.9. The van der Waals surface area contributed by atoms with E-state index in [2.05, 4.69) is 15.9 Å². The number of halogens is 1. The van der Waals surface area contributed by atoms with E-state index in [9.17, 15) is 4.79 Å². The summed E-state index contributed by atoms with van der Waals surface area (Å²) in [6.45, 7) is 7.07. The van der Waals surface area contributed by atoms with Crippen LogP contribution in [0.15, 0.2) is 28.7 Å². The molecule has 0 fully saturated rings. The van der Waals surface area contributed by atoms with Gasteiger partial charge >= 0.3 is 6.09 Å². The number of hydrogen-bond acceptors (Lipinski definition) is 3. The normalized spacial score (nSPS) is 11.2. The molecule has 5 heteroatoms. The standard InChI is InChI=1S/C15H22BrNO3/c1-15(2,3)20-14(18)17(9-10-19-4)11-12-5-7-13(16)8-6-12/h5-8H,9-11H2,1-4H3. The molecule has 1 aromatic carbocycles. The van der Waals surface area contributed by atoms with Crippen molar-refractivity contribution in [2.24, 2.45) is 0 Å². The predicted octanol–water partition coefficient (Wildman–Crippen LogP) is 3.83. The van der Waals surface area contributed by atoms with E-state index in [-0.39, 0.29) is 6.09 Å². The largest absolute Gasteiger partial charge is 0.444 e. The predicted molar refractivity (Wildman–Crippen MR) is 82.7 cm³/mol. The molecule has 20 heavy (non-hydrogen) atoms. The summed E-state index contributed by atoms with van der Waals surface area (Å²) >= 11 is 3.40. The summed E-state index contributed by atoms with van der Waals surface area (Å²) in [4.78, 5) is 13.8. The maximum absolute atomic E-state index is 12.2. The highest BCUT2D eigenvalue weighted by Crippen LogP contribution is 2.15. The fourth-order valence-electron chi connectivity index (χ4n) is 1.57. The fourth-order valence-corrected chi connectivity index (χ4v) is 1.84. The number of nitrogens with zero attached hydrogens (tertiary/aromatic N) is 1. The van der Waals surface area contributed by atoms with Crippen LogP contribution in [0.5, 0.6) is 0 Å². The van der Waals surface area contributed by atoms with Crippen LogP contribution in [0.25, 0.3) is 0 Å². The molecule has 4 nitrogen and oxygen atoms in total. The minimum atomic E-state index is -0.498. The number of rotatable bonds is 5. The van der Waals surface area contributed by atoms with Gasteiger partial charge in [0.15, 0.2) is 0 Å². The van der Waals surface area contributed by atoms with E-state index in [0.29, 0.717) is 19.7 Å². The van der Waals surface area contributed by atoms with Crippen LogP contribution < -0.4 is 0 Å². The molecule has 1 amide bonds. The summed E-state index contributed by atoms with van der Waals surface area (Å²) in [6.07, 6.45) is -0.322. The Hall–Kier alpha value is -1.07. The molecule has 1 aromatic rings. The molecule has 0 saturated carbocycles. The zero-order valence-corrected chi connectivity index (χ0v) is 14.1. The van der Waals surface area contributed by atoms with Crippen LogP contribution >= 0.6 is 15.9 Å². The topological polar surface area (TPSA) is 38.8 Å². The molecular formula is C15H22BrNO3. The Morgan fingerprint density at radius 3 is 2.35 bits per heavy atom. The molecule has 112 valence electrons. The lowest BCUT2D eigenvalue weighted by Gasteiger charge is -2.27. The molecule has 0 N–H and O–H groups in total. The monoisotopic (exact) mass is 343 g/mol. The van der Waals surface area contributed by atoms with Crippen molar-refractivity contribution in [3.63, 3.8) is 0 Å². The maximum atomic E-state index is 12.2. The maximum Gasteiger partial charge on any atom is 0.410 e. The van der Waals surface area contributed by atoms with E-state index in [1.54, 1.807) is 12.0 Å². The Kier molecular flexibility index (Phi) is 6.49. The molecule has 0 aliphatic carbocycles. The van der Waals surface area contributed by atoms with Gasteiger partial charge in [0.25, 0.3) is 0 Å². The lowest BCUT2D eigenvalue weighted by molar-refractivity contribution is 0.0184. The van der Waals surface area contributed by atoms with Gasteiger partial charge in [0, 0.05) is 24.7 Å². The van der Waals surface area contributed by atoms with Gasteiger partial charge < -0.3 is 14.4 Å². The van der Waals surface area contributed by atoms with Crippen LogP contribution in [0.2, 0.25) is 0 Å². The Bertz CT molecular complexity index is 426. The van der Waals surface area contributed by atoms with Crippen LogP contribution in [0.1, 0.15) is 26.3 Å². The lowest BCUT2D eigenvalue weighted by Crippen LogP contribution is -2.38. The van der Waals surface area contributed by atoms with Crippen molar-refractivity contribution in [2.75, 3.05) is 20.3 Å². The molecule has 0 bridgehead atoms. The first kappa shape index (κ1) is 17.0. The van der Waals surface area contributed by atoms with Gasteiger partial charge in [-0.15, -0.1) is 0 Å². The highest BCUT2D eigenvalue weighted by molar-refractivity contribution is 9.10. The van der Waals surface area contributed by atoms with Gasteiger partial charge in [-0.05, 0) is 38.5 Å². The van der Waals surface area contributed by atoms with E-state index >= 15 is 0 Å². The first-order chi connectivity index (χ1) is 9.31. The summed E-state index contributed by atoms with van der Waals surface area (Å²) in [6, 6.07) is 7.88. The number of methoxy groups -OCH3 is 1. The number of carbonyl (C=O) groups excluding carboxylic acids is 1. The zero-order chi connectivity index (χ0) is 15.2. The first-order valence-electron chi connectivity index (χ1n) is 6.53. The second kappa shape index (κ2) is 7.64. The van der Waals surface area contributed by atoms with Crippen molar-refractivity contribution < 1.29 is 14.3 Å². The number of ether oxygens (including phenoxy) is 2. The second-order valence-corrected chi connectivity index (χ2v) is 6.44. The van der Waals surface area contributed by atoms with Gasteiger partial charge in [-0.2, -0.15) is 0 Å². The molecule has 0 atom stereocenters. The van der Waals surface area contributed by atoms with Gasteiger partial charge in [-0.1, -0.05) is 28.1 Å². The van der Waals surface area contributed by atoms with E-state index < -0.39 is 5.60 Å². The van der Waals surface area contributed by atoms with Crippen molar-refractivity contribution in [3.8, 4) is 0 Å². The SMILES string of the molecule is COCCN(Cc1ccc(Br)cc1)C(=O)OC(C)(C)C. The van der Waals surface area contributed by atoms with Crippen LogP contribution in [-0.2, 0) is 16.0 Å². The molecule has 0 saturated heterocycles. The summed E-state index contributed by atoms with van der Waals surface area (Å²) in [5.41, 5.74) is 0.553. The molecule has 0 spiro atoms. The summed E-state index contributed by atoms with van der Waals surface area (Å²) in [5.74, 6) is 0. The minimum absolute atomic E-state index is 0.322. The third-order valence-corrected chi connectivity index (χ3v) is 3.03. The molecule has 1 rings (SSSR count). The number of carbonyl (C=O) groups is 1. The van der Waals surface area contributed by atoms with Gasteiger partial charge in [-0.25, -0.2) is 4.79 Å². The minimum Gasteiger partial charge on any atom is -0.444 e. The van der Waals surface area contributed by atoms with Crippen LogP contribution in [0.3, 0.4) is 0 Å². The molecule has 0 unspecified atom stereocenters. The Labute approximate surface area is 129 Å². The lowest BCUT2D eigenvalue weighted by atomic mass is 10.2.